The van der Waals surface area contributed by atoms with Gasteiger partial charge < -0.3 is 10.2 Å². The number of urea groups is 1. The van der Waals surface area contributed by atoms with Crippen molar-refractivity contribution in [2.45, 2.75) is 37.3 Å². The number of hydrogen-bond acceptors (Lipinski definition) is 4. The number of benzene rings is 1. The number of pyridine rings is 1. The smallest absolute Gasteiger partial charge is 0.322 e. The van der Waals surface area contributed by atoms with Crippen LogP contribution < -0.4 is 15.1 Å². The summed E-state index contributed by atoms with van der Waals surface area (Å²) in [5, 5.41) is 3.30. The lowest BCUT2D eigenvalue weighted by Gasteiger charge is -2.57. The van der Waals surface area contributed by atoms with E-state index in [2.05, 4.69) is 77.5 Å². The zero-order valence-electron chi connectivity index (χ0n) is 17.5. The first-order valence-electron chi connectivity index (χ1n) is 10.5. The van der Waals surface area contributed by atoms with Gasteiger partial charge >= 0.3 is 6.03 Å². The molecular weight excluding hydrogens is 362 g/mol. The average Bonchev–Trinajstić information content (AvgIpc) is 2.96. The highest BCUT2D eigenvalue weighted by atomic mass is 16.2. The molecule has 1 N–H and O–H groups in total. The summed E-state index contributed by atoms with van der Waals surface area (Å²) in [6.45, 7) is 4.92. The maximum atomic E-state index is 12.9. The topological polar surface area (TPSA) is 51.7 Å². The molecule has 3 aliphatic rings. The number of carbonyl (C=O) groups excluding carboxylic acids is 1. The Labute approximate surface area is 172 Å². The number of rotatable bonds is 4. The quantitative estimate of drug-likeness (QED) is 0.870. The first-order chi connectivity index (χ1) is 13.9. The van der Waals surface area contributed by atoms with Crippen molar-refractivity contribution < 1.29 is 4.79 Å². The Morgan fingerprint density at radius 3 is 2.45 bits per heavy atom. The third-order valence-corrected chi connectivity index (χ3v) is 7.05. The second-order valence-corrected chi connectivity index (χ2v) is 9.11. The van der Waals surface area contributed by atoms with E-state index in [-0.39, 0.29) is 17.1 Å². The highest BCUT2D eigenvalue weighted by Crippen LogP contribution is 2.53. The first kappa shape index (κ1) is 18.4. The second-order valence-electron chi connectivity index (χ2n) is 9.11. The van der Waals surface area contributed by atoms with Crippen molar-refractivity contribution >= 4 is 17.5 Å². The van der Waals surface area contributed by atoms with Gasteiger partial charge in [0.25, 0.3) is 0 Å². The molecule has 2 aromatic rings. The van der Waals surface area contributed by atoms with E-state index < -0.39 is 0 Å². The molecule has 6 nitrogen and oxygen atoms in total. The molecule has 0 atom stereocenters. The number of aromatic nitrogens is 1. The lowest BCUT2D eigenvalue weighted by molar-refractivity contribution is -0.0169. The van der Waals surface area contributed by atoms with Crippen LogP contribution in [-0.4, -0.2) is 55.2 Å². The highest BCUT2D eigenvalue weighted by Gasteiger charge is 2.61. The van der Waals surface area contributed by atoms with E-state index in [1.54, 1.807) is 0 Å². The molecule has 3 fully saturated rings. The number of aryl methyl sites for hydroxylation is 1. The van der Waals surface area contributed by atoms with Gasteiger partial charge in [-0.05, 0) is 57.5 Å². The molecule has 29 heavy (non-hydrogen) atoms. The molecule has 1 aromatic carbocycles. The predicted molar refractivity (Wildman–Crippen MR) is 115 cm³/mol. The van der Waals surface area contributed by atoms with Gasteiger partial charge in [0.1, 0.15) is 5.82 Å². The van der Waals surface area contributed by atoms with Crippen molar-refractivity contribution in [2.75, 3.05) is 43.5 Å². The number of nitrogens with zero attached hydrogens (tertiary/aromatic N) is 4. The normalized spacial score (nSPS) is 28.5. The second kappa shape index (κ2) is 6.46. The van der Waals surface area contributed by atoms with Crippen LogP contribution >= 0.6 is 0 Å². The van der Waals surface area contributed by atoms with Crippen LogP contribution in [0.2, 0.25) is 0 Å². The molecule has 6 heteroatoms. The molecule has 2 saturated heterocycles. The van der Waals surface area contributed by atoms with Gasteiger partial charge in [0.15, 0.2) is 0 Å². The van der Waals surface area contributed by atoms with Crippen molar-refractivity contribution in [1.29, 1.82) is 0 Å². The average molecular weight is 392 g/mol. The Kier molecular flexibility index (Phi) is 4.10. The summed E-state index contributed by atoms with van der Waals surface area (Å²) in [6.07, 6.45) is 4.93. The number of hydrogen-bond donors (Lipinski definition) is 1. The summed E-state index contributed by atoms with van der Waals surface area (Å²) >= 11 is 0. The van der Waals surface area contributed by atoms with Gasteiger partial charge in [-0.25, -0.2) is 9.78 Å². The minimum atomic E-state index is -0.181. The maximum Gasteiger partial charge on any atom is 0.322 e. The van der Waals surface area contributed by atoms with Crippen LogP contribution in [-0.2, 0) is 5.54 Å². The van der Waals surface area contributed by atoms with E-state index in [0.29, 0.717) is 6.54 Å². The van der Waals surface area contributed by atoms with Gasteiger partial charge in [0.2, 0.25) is 0 Å². The molecule has 1 aromatic heterocycles. The van der Waals surface area contributed by atoms with Gasteiger partial charge in [-0.15, -0.1) is 0 Å². The molecule has 0 bridgehead atoms. The van der Waals surface area contributed by atoms with E-state index in [9.17, 15) is 4.79 Å². The summed E-state index contributed by atoms with van der Waals surface area (Å²) in [7, 11) is 4.27. The monoisotopic (exact) mass is 391 g/mol. The predicted octanol–water partition coefficient (Wildman–Crippen LogP) is 3.12. The Hall–Kier alpha value is -2.60. The SMILES string of the molecule is Cc1cc(N2CCC2)ncc1N1C[C@]2(C[C@](c3ccccc3)(N(C)C)C2)NC1=O. The van der Waals surface area contributed by atoms with Gasteiger partial charge in [0.05, 0.1) is 29.5 Å². The highest BCUT2D eigenvalue weighted by molar-refractivity contribution is 5.96. The molecule has 0 radical (unpaired) electrons. The van der Waals surface area contributed by atoms with E-state index in [0.717, 1.165) is 43.0 Å². The van der Waals surface area contributed by atoms with Gasteiger partial charge in [0, 0.05) is 13.1 Å². The summed E-state index contributed by atoms with van der Waals surface area (Å²) < 4.78 is 0. The third-order valence-electron chi connectivity index (χ3n) is 7.05. The number of nitrogens with one attached hydrogen (secondary N) is 1. The third kappa shape index (κ3) is 2.81. The fraction of sp³-hybridized carbons (Fsp3) is 0.478. The van der Waals surface area contributed by atoms with Crippen molar-refractivity contribution in [1.82, 2.24) is 15.2 Å². The van der Waals surface area contributed by atoms with Crippen LogP contribution in [0.25, 0.3) is 0 Å². The lowest BCUT2D eigenvalue weighted by Crippen LogP contribution is -2.66. The molecule has 152 valence electrons. The molecule has 0 unspecified atom stereocenters. The zero-order valence-corrected chi connectivity index (χ0v) is 17.5. The number of amides is 2. The van der Waals surface area contributed by atoms with Crippen molar-refractivity contribution in [3.8, 4) is 0 Å². The molecular formula is C23H29N5O. The van der Waals surface area contributed by atoms with Gasteiger partial charge in [-0.2, -0.15) is 0 Å². The Bertz CT molecular complexity index is 932. The number of anilines is 2. The molecule has 1 aliphatic carbocycles. The summed E-state index contributed by atoms with van der Waals surface area (Å²) in [6, 6.07) is 12.8. The van der Waals surface area contributed by atoms with Crippen LogP contribution in [0.5, 0.6) is 0 Å². The molecule has 2 aliphatic heterocycles. The Balaban J connectivity index is 1.37. The van der Waals surface area contributed by atoms with Gasteiger partial charge in [-0.1, -0.05) is 30.3 Å². The molecule has 2 amide bonds. The van der Waals surface area contributed by atoms with Crippen LogP contribution in [0, 0.1) is 6.92 Å². The molecule has 1 spiro atoms. The summed E-state index contributed by atoms with van der Waals surface area (Å²) in [5.74, 6) is 1.02. The Morgan fingerprint density at radius 1 is 1.14 bits per heavy atom. The van der Waals surface area contributed by atoms with E-state index >= 15 is 0 Å². The van der Waals surface area contributed by atoms with Crippen LogP contribution in [0.4, 0.5) is 16.3 Å². The van der Waals surface area contributed by atoms with Gasteiger partial charge in [-0.3, -0.25) is 9.80 Å². The van der Waals surface area contributed by atoms with Crippen molar-refractivity contribution in [2.24, 2.45) is 0 Å². The van der Waals surface area contributed by atoms with Crippen LogP contribution in [0.15, 0.2) is 42.6 Å². The Morgan fingerprint density at radius 2 is 1.86 bits per heavy atom. The van der Waals surface area contributed by atoms with E-state index in [1.807, 2.05) is 11.1 Å². The van der Waals surface area contributed by atoms with E-state index in [1.165, 1.54) is 12.0 Å². The molecule has 3 heterocycles. The summed E-state index contributed by atoms with van der Waals surface area (Å²) in [4.78, 5) is 24.0. The first-order valence-corrected chi connectivity index (χ1v) is 10.5. The summed E-state index contributed by atoms with van der Waals surface area (Å²) in [5.41, 5.74) is 3.14. The lowest BCUT2D eigenvalue weighted by atomic mass is 9.59. The standard InChI is InChI=1S/C23H29N5O/c1-17-12-20(27-10-7-11-27)24-13-19(17)28-16-22(25-21(28)29)14-23(15-22,26(2)3)18-8-5-4-6-9-18/h4-6,8-9,12-13H,7,10-11,14-16H2,1-3H3,(H,25,29)/t22-,23+. The minimum absolute atomic E-state index is 0.00739. The van der Waals surface area contributed by atoms with Crippen LogP contribution in [0.1, 0.15) is 30.4 Å². The molecule has 5 rings (SSSR count). The zero-order chi connectivity index (χ0) is 20.2. The van der Waals surface area contributed by atoms with E-state index in [4.69, 9.17) is 0 Å². The van der Waals surface area contributed by atoms with Crippen molar-refractivity contribution in [3.05, 3.63) is 53.7 Å². The fourth-order valence-electron chi connectivity index (χ4n) is 5.23. The molecule has 1 saturated carbocycles. The number of carbonyl (C=O) groups is 1. The fourth-order valence-corrected chi connectivity index (χ4v) is 5.23. The largest absolute Gasteiger partial charge is 0.356 e. The van der Waals surface area contributed by atoms with Crippen LogP contribution in [0.3, 0.4) is 0 Å². The minimum Gasteiger partial charge on any atom is -0.356 e. The van der Waals surface area contributed by atoms with Crippen molar-refractivity contribution in [3.63, 3.8) is 0 Å². The maximum absolute atomic E-state index is 12.9.